The molecule has 0 aromatic carbocycles. The zero-order chi connectivity index (χ0) is 2.71. The molecule has 2 nitrogen and oxygen atoms in total. The van der Waals surface area contributed by atoms with Crippen molar-refractivity contribution in [2.75, 3.05) is 0 Å². The van der Waals surface area contributed by atoms with E-state index in [4.69, 9.17) is 9.90 Å². The van der Waals surface area contributed by atoms with Crippen LogP contribution in [0.15, 0.2) is 0 Å². The molecule has 20 valence electrons. The monoisotopic (exact) mass is 108 g/mol. The van der Waals surface area contributed by atoms with Crippen LogP contribution >= 0.6 is 0 Å². The van der Waals surface area contributed by atoms with Gasteiger partial charge in [-0.3, -0.25) is 0 Å². The Hall–Kier alpha value is 2.11. The van der Waals surface area contributed by atoms with Crippen LogP contribution in [0.3, 0.4) is 0 Å². The third-order valence-corrected chi connectivity index (χ3v) is 0. The van der Waals surface area contributed by atoms with Crippen LogP contribution in [0.1, 0.15) is 0 Å². The predicted molar refractivity (Wildman–Crippen MR) is 13.2 cm³/mol. The van der Waals surface area contributed by atoms with Gasteiger partial charge in [-0.2, -0.15) is 0 Å². The molecule has 0 aromatic heterocycles. The number of carboxylic acid groups (broad SMARTS) is 1. The molecule has 0 aliphatic carbocycles. The van der Waals surface area contributed by atoms with Crippen LogP contribution in [-0.2, 0) is 4.79 Å². The predicted octanol–water partition coefficient (Wildman–Crippen LogP) is -5.28. The zero-order valence-electron chi connectivity index (χ0n) is 2.39. The third kappa shape index (κ3) is 23.2. The van der Waals surface area contributed by atoms with E-state index in [9.17, 15) is 0 Å². The Morgan fingerprint density at radius 1 is 1.60 bits per heavy atom. The van der Waals surface area contributed by atoms with E-state index < -0.39 is 6.47 Å². The molecule has 0 amide bonds. The van der Waals surface area contributed by atoms with E-state index in [2.05, 4.69) is 0 Å². The van der Waals surface area contributed by atoms with Crippen molar-refractivity contribution in [3.8, 4) is 0 Å². The fourth-order valence-electron chi connectivity index (χ4n) is 0. The Bertz CT molecular complexity index is 17.1. The van der Waals surface area contributed by atoms with Gasteiger partial charge in [0.15, 0.2) is 0 Å². The number of hydrogen-bond donors (Lipinski definition) is 0. The van der Waals surface area contributed by atoms with Crippen LogP contribution in [0.25, 0.3) is 0 Å². The minimum atomic E-state index is -0.500. The van der Waals surface area contributed by atoms with Crippen molar-refractivity contribution >= 4 is 36.0 Å². The van der Waals surface area contributed by atoms with Gasteiger partial charge in [0.05, 0.1) is 0 Å². The fourth-order valence-corrected chi connectivity index (χ4v) is 0. The van der Waals surface area contributed by atoms with Gasteiger partial charge in [0.25, 0.3) is 0 Å². The average Bonchev–Trinajstić information content (AvgIpc) is 0.918. The first-order valence-electron chi connectivity index (χ1n) is 0.471. The van der Waals surface area contributed by atoms with E-state index in [1.807, 2.05) is 0 Å². The second kappa shape index (κ2) is 16.5. The summed E-state index contributed by atoms with van der Waals surface area (Å²) in [5, 5.41) is 8.25. The van der Waals surface area contributed by atoms with Crippen molar-refractivity contribution in [1.29, 1.82) is 0 Å². The standard InChI is InChI=1S/CH2O2.K.Na.H/c2-1-3;;;/h1H,(H,2,3);;;/q;+1;;/p-1. The van der Waals surface area contributed by atoms with E-state index in [-0.39, 0.29) is 80.9 Å². The maximum absolute atomic E-state index is 8.25. The Balaban J connectivity index is -0.0000000200. The van der Waals surface area contributed by atoms with Gasteiger partial charge in [-0.25, -0.2) is 0 Å². The molecule has 0 aromatic rings. The van der Waals surface area contributed by atoms with Crippen LogP contribution in [-0.4, -0.2) is 36.0 Å². The van der Waals surface area contributed by atoms with E-state index in [0.29, 0.717) is 0 Å². The number of rotatable bonds is 0. The quantitative estimate of drug-likeness (QED) is 0.230. The number of carbonyl (C=O) groups is 1. The third-order valence-electron chi connectivity index (χ3n) is 0. The molecule has 5 heavy (non-hydrogen) atoms. The van der Waals surface area contributed by atoms with Gasteiger partial charge in [0.2, 0.25) is 0 Å². The molecule has 0 rings (SSSR count). The number of carbonyl (C=O) groups excluding carboxylic acids is 1. The van der Waals surface area contributed by atoms with Gasteiger partial charge < -0.3 is 9.90 Å². The molecule has 0 saturated carbocycles. The summed E-state index contributed by atoms with van der Waals surface area (Å²) >= 11 is 0. The summed E-state index contributed by atoms with van der Waals surface area (Å²) in [6, 6.07) is 0. The van der Waals surface area contributed by atoms with Gasteiger partial charge >= 0.3 is 80.9 Å². The van der Waals surface area contributed by atoms with Crippen LogP contribution in [0.5, 0.6) is 0 Å². The van der Waals surface area contributed by atoms with E-state index >= 15 is 0 Å². The molecule has 0 spiro atoms. The van der Waals surface area contributed by atoms with Crippen LogP contribution in [0.4, 0.5) is 0 Å². The molecule has 0 N–H and O–H groups in total. The molecule has 0 heterocycles. The van der Waals surface area contributed by atoms with Gasteiger partial charge in [-0.1, -0.05) is 0 Å². The first-order chi connectivity index (χ1) is 1.41. The normalized spacial score (nSPS) is 2.40. The Morgan fingerprint density at radius 2 is 1.60 bits per heavy atom. The van der Waals surface area contributed by atoms with Gasteiger partial charge in [-0.15, -0.1) is 0 Å². The van der Waals surface area contributed by atoms with E-state index in [0.717, 1.165) is 0 Å². The number of hydrogen-bond acceptors (Lipinski definition) is 2. The Kier molecular flexibility index (Phi) is 51.9. The molecular weight excluding hydrogens is 106 g/mol. The van der Waals surface area contributed by atoms with Gasteiger partial charge in [0.1, 0.15) is 0 Å². The second-order valence-corrected chi connectivity index (χ2v) is 0.0962. The molecule has 0 fully saturated rings. The van der Waals surface area contributed by atoms with Crippen molar-refractivity contribution in [2.24, 2.45) is 0 Å². The maximum atomic E-state index is 8.25. The molecule has 0 saturated heterocycles. The summed E-state index contributed by atoms with van der Waals surface area (Å²) < 4.78 is 0. The first-order valence-corrected chi connectivity index (χ1v) is 0.471. The molecule has 0 bridgehead atoms. The Morgan fingerprint density at radius 3 is 1.60 bits per heavy atom. The molecule has 0 aliphatic rings. The van der Waals surface area contributed by atoms with E-state index in [1.165, 1.54) is 0 Å². The summed E-state index contributed by atoms with van der Waals surface area (Å²) in [5.74, 6) is 0. The zero-order valence-corrected chi connectivity index (χ0v) is 5.52. The second-order valence-electron chi connectivity index (χ2n) is 0.0962. The molecule has 0 aliphatic heterocycles. The van der Waals surface area contributed by atoms with Crippen LogP contribution < -0.4 is 56.5 Å². The average molecular weight is 108 g/mol. The van der Waals surface area contributed by atoms with Crippen molar-refractivity contribution in [3.05, 3.63) is 0 Å². The Labute approximate surface area is 95.0 Å². The van der Waals surface area contributed by atoms with Crippen molar-refractivity contribution in [3.63, 3.8) is 0 Å². The summed E-state index contributed by atoms with van der Waals surface area (Å²) in [6.45, 7) is -0.500. The molecule has 0 atom stereocenters. The molecule has 0 unspecified atom stereocenters. The SMILES string of the molecule is O=C[O-].[K+].[NaH]. The fraction of sp³-hybridized carbons (Fsp3) is 0. The van der Waals surface area contributed by atoms with Crippen molar-refractivity contribution in [1.82, 2.24) is 0 Å². The van der Waals surface area contributed by atoms with Crippen molar-refractivity contribution in [2.45, 2.75) is 0 Å². The van der Waals surface area contributed by atoms with Crippen molar-refractivity contribution < 1.29 is 61.3 Å². The summed E-state index contributed by atoms with van der Waals surface area (Å²) in [6.07, 6.45) is 0. The summed E-state index contributed by atoms with van der Waals surface area (Å²) in [5.41, 5.74) is 0. The molecule has 0 radical (unpaired) electrons. The first kappa shape index (κ1) is 15.7. The summed E-state index contributed by atoms with van der Waals surface area (Å²) in [4.78, 5) is 8.25. The van der Waals surface area contributed by atoms with Gasteiger partial charge in [-0.05, 0) is 0 Å². The summed E-state index contributed by atoms with van der Waals surface area (Å²) in [7, 11) is 0. The van der Waals surface area contributed by atoms with Gasteiger partial charge in [0, 0.05) is 6.47 Å². The minimum absolute atomic E-state index is 0. The van der Waals surface area contributed by atoms with E-state index in [1.54, 1.807) is 0 Å². The molecule has 4 heteroatoms. The topological polar surface area (TPSA) is 40.1 Å². The van der Waals surface area contributed by atoms with Crippen LogP contribution in [0, 0.1) is 0 Å². The molecular formula is CH2KNaO2. The van der Waals surface area contributed by atoms with Crippen LogP contribution in [0.2, 0.25) is 0 Å².